The van der Waals surface area contributed by atoms with E-state index in [4.69, 9.17) is 0 Å². The highest BCUT2D eigenvalue weighted by molar-refractivity contribution is 5.81. The number of carbonyl (C=O) groups excluding carboxylic acids is 1. The van der Waals surface area contributed by atoms with Gasteiger partial charge in [-0.3, -0.25) is 4.79 Å². The quantitative estimate of drug-likeness (QED) is 0.664. The van der Waals surface area contributed by atoms with Gasteiger partial charge in [0.2, 0.25) is 5.91 Å². The fraction of sp³-hybridized carbons (Fsp3) is 0.174. The van der Waals surface area contributed by atoms with Crippen molar-refractivity contribution in [1.82, 2.24) is 4.90 Å². The number of hydrogen-bond acceptors (Lipinski definition) is 1. The Morgan fingerprint density at radius 1 is 0.720 bits per heavy atom. The second-order valence-electron chi connectivity index (χ2n) is 6.58. The molecule has 124 valence electrons. The third kappa shape index (κ3) is 3.20. The van der Waals surface area contributed by atoms with E-state index in [2.05, 4.69) is 60.7 Å². The van der Waals surface area contributed by atoms with Crippen LogP contribution < -0.4 is 0 Å². The molecule has 1 fully saturated rings. The van der Waals surface area contributed by atoms with Crippen LogP contribution in [0, 0.1) is 0 Å². The van der Waals surface area contributed by atoms with Gasteiger partial charge >= 0.3 is 0 Å². The summed E-state index contributed by atoms with van der Waals surface area (Å²) in [4.78, 5) is 14.9. The molecule has 2 heteroatoms. The van der Waals surface area contributed by atoms with Crippen molar-refractivity contribution in [1.29, 1.82) is 0 Å². The van der Waals surface area contributed by atoms with E-state index in [1.54, 1.807) is 0 Å². The lowest BCUT2D eigenvalue weighted by molar-refractivity contribution is -0.129. The van der Waals surface area contributed by atoms with Gasteiger partial charge in [-0.15, -0.1) is 0 Å². The second-order valence-corrected chi connectivity index (χ2v) is 6.58. The zero-order valence-corrected chi connectivity index (χ0v) is 14.1. The largest absolute Gasteiger partial charge is 0.331 e. The van der Waals surface area contributed by atoms with Crippen LogP contribution in [0.1, 0.15) is 35.1 Å². The van der Waals surface area contributed by atoms with Crippen LogP contribution in [0.3, 0.4) is 0 Å². The van der Waals surface area contributed by atoms with Crippen molar-refractivity contribution < 1.29 is 4.79 Å². The molecule has 2 unspecified atom stereocenters. The zero-order chi connectivity index (χ0) is 17.1. The van der Waals surface area contributed by atoms with Gasteiger partial charge in [-0.1, -0.05) is 91.0 Å². The lowest BCUT2D eigenvalue weighted by Gasteiger charge is -2.29. The van der Waals surface area contributed by atoms with E-state index in [1.165, 1.54) is 16.7 Å². The highest BCUT2D eigenvalue weighted by atomic mass is 16.2. The van der Waals surface area contributed by atoms with Crippen molar-refractivity contribution in [3.05, 3.63) is 108 Å². The SMILES string of the molecule is O=C1CC(c2ccccc2)C(c2ccccc2)N1Cc1ccccc1. The van der Waals surface area contributed by atoms with Crippen LogP contribution in [0.15, 0.2) is 91.0 Å². The molecule has 0 aliphatic carbocycles. The van der Waals surface area contributed by atoms with Crippen molar-refractivity contribution >= 4 is 5.91 Å². The standard InChI is InChI=1S/C23H21NO/c25-22-16-21(19-12-6-2-7-13-19)23(20-14-8-3-9-15-20)24(22)17-18-10-4-1-5-11-18/h1-15,21,23H,16-17H2. The van der Waals surface area contributed by atoms with Gasteiger partial charge in [0.15, 0.2) is 0 Å². The third-order valence-electron chi connectivity index (χ3n) is 5.00. The number of carbonyl (C=O) groups is 1. The molecule has 3 aromatic rings. The van der Waals surface area contributed by atoms with Gasteiger partial charge in [0.1, 0.15) is 0 Å². The molecule has 4 rings (SSSR count). The molecule has 0 aromatic heterocycles. The zero-order valence-electron chi connectivity index (χ0n) is 14.1. The van der Waals surface area contributed by atoms with Crippen molar-refractivity contribution in [3.8, 4) is 0 Å². The molecule has 0 N–H and O–H groups in total. The molecular weight excluding hydrogens is 306 g/mol. The molecule has 1 amide bonds. The molecule has 1 heterocycles. The van der Waals surface area contributed by atoms with Crippen molar-refractivity contribution in [2.75, 3.05) is 0 Å². The molecule has 1 aliphatic heterocycles. The molecule has 0 radical (unpaired) electrons. The topological polar surface area (TPSA) is 20.3 Å². The van der Waals surface area contributed by atoms with Crippen LogP contribution in [0.25, 0.3) is 0 Å². The van der Waals surface area contributed by atoms with E-state index in [9.17, 15) is 4.79 Å². The smallest absolute Gasteiger partial charge is 0.224 e. The first-order valence-corrected chi connectivity index (χ1v) is 8.76. The predicted octanol–water partition coefficient (Wildman–Crippen LogP) is 4.94. The number of benzene rings is 3. The van der Waals surface area contributed by atoms with Crippen LogP contribution >= 0.6 is 0 Å². The summed E-state index contributed by atoms with van der Waals surface area (Å²) in [5, 5.41) is 0. The summed E-state index contributed by atoms with van der Waals surface area (Å²) in [5.41, 5.74) is 3.61. The Hall–Kier alpha value is -2.87. The number of amides is 1. The number of rotatable bonds is 4. The number of hydrogen-bond donors (Lipinski definition) is 0. The minimum absolute atomic E-state index is 0.0799. The summed E-state index contributed by atoms with van der Waals surface area (Å²) >= 11 is 0. The fourth-order valence-corrected chi connectivity index (χ4v) is 3.82. The Kier molecular flexibility index (Phi) is 4.34. The first kappa shape index (κ1) is 15.6. The number of nitrogens with zero attached hydrogens (tertiary/aromatic N) is 1. The Morgan fingerprint density at radius 2 is 1.24 bits per heavy atom. The van der Waals surface area contributed by atoms with Crippen molar-refractivity contribution in [2.24, 2.45) is 0 Å². The third-order valence-corrected chi connectivity index (χ3v) is 5.00. The molecule has 0 spiro atoms. The monoisotopic (exact) mass is 327 g/mol. The molecule has 25 heavy (non-hydrogen) atoms. The summed E-state index contributed by atoms with van der Waals surface area (Å²) in [5.74, 6) is 0.423. The fourth-order valence-electron chi connectivity index (χ4n) is 3.82. The summed E-state index contributed by atoms with van der Waals surface area (Å²) in [6.45, 7) is 0.655. The Labute approximate surface area is 148 Å². The number of likely N-dealkylation sites (tertiary alicyclic amines) is 1. The Morgan fingerprint density at radius 3 is 1.84 bits per heavy atom. The van der Waals surface area contributed by atoms with Gasteiger partial charge in [-0.2, -0.15) is 0 Å². The maximum Gasteiger partial charge on any atom is 0.224 e. The average molecular weight is 327 g/mol. The molecule has 1 saturated heterocycles. The maximum absolute atomic E-state index is 12.9. The average Bonchev–Trinajstić information content (AvgIpc) is 3.00. The van der Waals surface area contributed by atoms with Crippen LogP contribution in [0.4, 0.5) is 0 Å². The molecule has 0 saturated carbocycles. The van der Waals surface area contributed by atoms with Gasteiger partial charge in [0.25, 0.3) is 0 Å². The first-order valence-electron chi connectivity index (χ1n) is 8.76. The normalized spacial score (nSPS) is 20.0. The summed E-state index contributed by atoms with van der Waals surface area (Å²) in [6, 6.07) is 31.2. The molecule has 2 nitrogen and oxygen atoms in total. The lowest BCUT2D eigenvalue weighted by atomic mass is 9.87. The molecule has 3 aromatic carbocycles. The van der Waals surface area contributed by atoms with Crippen molar-refractivity contribution in [2.45, 2.75) is 24.9 Å². The maximum atomic E-state index is 12.9. The van der Waals surface area contributed by atoms with Gasteiger partial charge in [0, 0.05) is 18.9 Å². The van der Waals surface area contributed by atoms with Crippen LogP contribution in [-0.4, -0.2) is 10.8 Å². The highest BCUT2D eigenvalue weighted by Crippen LogP contribution is 2.45. The summed E-state index contributed by atoms with van der Waals surface area (Å²) in [7, 11) is 0. The second kappa shape index (κ2) is 6.94. The predicted molar refractivity (Wildman–Crippen MR) is 100.0 cm³/mol. The first-order chi connectivity index (χ1) is 12.3. The van der Waals surface area contributed by atoms with Crippen LogP contribution in [0.5, 0.6) is 0 Å². The van der Waals surface area contributed by atoms with E-state index < -0.39 is 0 Å². The van der Waals surface area contributed by atoms with E-state index in [0.717, 1.165) is 0 Å². The van der Waals surface area contributed by atoms with E-state index in [1.807, 2.05) is 35.2 Å². The molecule has 0 bridgehead atoms. The Balaban J connectivity index is 1.73. The van der Waals surface area contributed by atoms with E-state index in [0.29, 0.717) is 13.0 Å². The van der Waals surface area contributed by atoms with Crippen LogP contribution in [-0.2, 0) is 11.3 Å². The molecule has 2 atom stereocenters. The van der Waals surface area contributed by atoms with E-state index >= 15 is 0 Å². The lowest BCUT2D eigenvalue weighted by Crippen LogP contribution is -2.28. The minimum Gasteiger partial charge on any atom is -0.331 e. The summed E-state index contributed by atoms with van der Waals surface area (Å²) in [6.07, 6.45) is 0.566. The van der Waals surface area contributed by atoms with Gasteiger partial charge in [-0.05, 0) is 16.7 Å². The highest BCUT2D eigenvalue weighted by Gasteiger charge is 2.41. The van der Waals surface area contributed by atoms with Gasteiger partial charge in [0.05, 0.1) is 6.04 Å². The van der Waals surface area contributed by atoms with Crippen molar-refractivity contribution in [3.63, 3.8) is 0 Å². The van der Waals surface area contributed by atoms with Crippen LogP contribution in [0.2, 0.25) is 0 Å². The molecular formula is C23H21NO. The van der Waals surface area contributed by atoms with Gasteiger partial charge in [-0.25, -0.2) is 0 Å². The van der Waals surface area contributed by atoms with E-state index in [-0.39, 0.29) is 17.9 Å². The minimum atomic E-state index is 0.0799. The molecule has 1 aliphatic rings. The Bertz CT molecular complexity index is 830. The van der Waals surface area contributed by atoms with Gasteiger partial charge < -0.3 is 4.90 Å². The summed E-state index contributed by atoms with van der Waals surface area (Å²) < 4.78 is 0.